The molecular weight excluding hydrogens is 444 g/mol. The van der Waals surface area contributed by atoms with Crippen LogP contribution in [0.4, 0.5) is 17.5 Å². The van der Waals surface area contributed by atoms with Crippen LogP contribution < -0.4 is 15.4 Å². The molecule has 0 aliphatic carbocycles. The molecule has 2 N–H and O–H groups in total. The van der Waals surface area contributed by atoms with Crippen molar-refractivity contribution >= 4 is 28.4 Å². The summed E-state index contributed by atoms with van der Waals surface area (Å²) in [5.41, 5.74) is 3.39. The predicted octanol–water partition coefficient (Wildman–Crippen LogP) is 4.17. The van der Waals surface area contributed by atoms with Gasteiger partial charge in [-0.1, -0.05) is 0 Å². The molecule has 0 amide bonds. The first-order valence-electron chi connectivity index (χ1n) is 11.9. The normalized spacial score (nSPS) is 14.3. The van der Waals surface area contributed by atoms with E-state index in [9.17, 15) is 0 Å². The van der Waals surface area contributed by atoms with Crippen molar-refractivity contribution in [2.75, 3.05) is 30.5 Å². The maximum Gasteiger partial charge on any atom is 0.227 e. The maximum atomic E-state index is 5.93. The lowest BCUT2D eigenvalue weighted by Gasteiger charge is -2.24. The van der Waals surface area contributed by atoms with Gasteiger partial charge in [-0.05, 0) is 57.9 Å². The van der Waals surface area contributed by atoms with Gasteiger partial charge >= 0.3 is 0 Å². The van der Waals surface area contributed by atoms with E-state index in [-0.39, 0.29) is 0 Å². The van der Waals surface area contributed by atoms with Crippen LogP contribution >= 0.6 is 0 Å². The molecule has 0 atom stereocenters. The van der Waals surface area contributed by atoms with Gasteiger partial charge in [-0.15, -0.1) is 10.2 Å². The topological polar surface area (TPSA) is 112 Å². The Morgan fingerprint density at radius 1 is 1.11 bits per heavy atom. The third-order valence-corrected chi connectivity index (χ3v) is 6.13. The van der Waals surface area contributed by atoms with Crippen LogP contribution in [0.15, 0.2) is 30.5 Å². The molecular formula is C25H30N8O2. The molecule has 3 aromatic heterocycles. The molecule has 1 aromatic carbocycles. The minimum absolute atomic E-state index is 0.314. The summed E-state index contributed by atoms with van der Waals surface area (Å²) in [6.45, 7) is 7.90. The van der Waals surface area contributed by atoms with Gasteiger partial charge in [-0.2, -0.15) is 0 Å². The van der Waals surface area contributed by atoms with Crippen LogP contribution in [0.5, 0.6) is 5.75 Å². The number of rotatable bonds is 7. The zero-order valence-electron chi connectivity index (χ0n) is 20.5. The Hall–Kier alpha value is -3.79. The highest BCUT2D eigenvalue weighted by Crippen LogP contribution is 2.32. The Balaban J connectivity index is 1.47. The fraction of sp³-hybridized carbons (Fsp3) is 0.400. The van der Waals surface area contributed by atoms with Crippen molar-refractivity contribution in [3.8, 4) is 17.1 Å². The highest BCUT2D eigenvalue weighted by atomic mass is 16.5. The second-order valence-electron chi connectivity index (χ2n) is 8.67. The minimum atomic E-state index is 0.314. The van der Waals surface area contributed by atoms with Crippen molar-refractivity contribution in [2.45, 2.75) is 39.7 Å². The fourth-order valence-electron chi connectivity index (χ4n) is 4.19. The molecule has 182 valence electrons. The number of aryl methyl sites for hydroxylation is 2. The van der Waals surface area contributed by atoms with Crippen molar-refractivity contribution in [1.82, 2.24) is 29.7 Å². The first-order chi connectivity index (χ1) is 17.0. The zero-order valence-corrected chi connectivity index (χ0v) is 20.5. The van der Waals surface area contributed by atoms with Gasteiger partial charge in [0.15, 0.2) is 11.6 Å². The summed E-state index contributed by atoms with van der Waals surface area (Å²) >= 11 is 0. The number of hydrogen-bond acceptors (Lipinski definition) is 9. The van der Waals surface area contributed by atoms with Crippen LogP contribution in [0.1, 0.15) is 31.3 Å². The summed E-state index contributed by atoms with van der Waals surface area (Å²) in [6.07, 6.45) is 3.72. The van der Waals surface area contributed by atoms with E-state index < -0.39 is 0 Å². The van der Waals surface area contributed by atoms with Gasteiger partial charge in [-0.3, -0.25) is 0 Å². The largest absolute Gasteiger partial charge is 0.492 e. The molecule has 1 aliphatic heterocycles. The van der Waals surface area contributed by atoms with Crippen LogP contribution in [0.3, 0.4) is 0 Å². The van der Waals surface area contributed by atoms with Gasteiger partial charge in [0.1, 0.15) is 17.1 Å². The first-order valence-corrected chi connectivity index (χ1v) is 11.9. The number of ether oxygens (including phenoxy) is 2. The summed E-state index contributed by atoms with van der Waals surface area (Å²) < 4.78 is 13.4. The lowest BCUT2D eigenvalue weighted by molar-refractivity contribution is 0.0904. The molecule has 5 rings (SSSR count). The van der Waals surface area contributed by atoms with Gasteiger partial charge in [0.25, 0.3) is 0 Å². The summed E-state index contributed by atoms with van der Waals surface area (Å²) in [4.78, 5) is 14.1. The number of fused-ring (bicyclic) bond motifs is 1. The van der Waals surface area contributed by atoms with Crippen LogP contribution in [0.2, 0.25) is 0 Å². The second kappa shape index (κ2) is 9.83. The molecule has 4 heterocycles. The molecule has 1 aliphatic rings. The number of nitrogens with zero attached hydrogens (tertiary/aromatic N) is 6. The highest BCUT2D eigenvalue weighted by molar-refractivity contribution is 5.89. The molecule has 35 heavy (non-hydrogen) atoms. The quantitative estimate of drug-likeness (QED) is 0.407. The monoisotopic (exact) mass is 474 g/mol. The standard InChI is InChI=1S/C25H30N8O2/c1-5-35-21-13-17(24-32-31-16(3)33(24)4)6-7-20(21)29-25-26-14-18-12-15(2)27-23(22(18)30-25)28-19-8-10-34-11-9-19/h6-7,12-14,19H,5,8-11H2,1-4H3,(H,27,28)(H,26,29,30). The van der Waals surface area contributed by atoms with Gasteiger partial charge in [-0.25, -0.2) is 15.0 Å². The van der Waals surface area contributed by atoms with E-state index in [1.807, 2.05) is 62.8 Å². The zero-order chi connectivity index (χ0) is 24.4. The van der Waals surface area contributed by atoms with Crippen molar-refractivity contribution < 1.29 is 9.47 Å². The molecule has 10 heteroatoms. The van der Waals surface area contributed by atoms with Crippen LogP contribution in [-0.4, -0.2) is 55.6 Å². The molecule has 0 spiro atoms. The summed E-state index contributed by atoms with van der Waals surface area (Å²) in [5.74, 6) is 3.56. The Bertz CT molecular complexity index is 1350. The summed E-state index contributed by atoms with van der Waals surface area (Å²) in [5, 5.41) is 16.3. The van der Waals surface area contributed by atoms with E-state index in [4.69, 9.17) is 19.4 Å². The molecule has 1 saturated heterocycles. The van der Waals surface area contributed by atoms with Crippen LogP contribution in [-0.2, 0) is 11.8 Å². The molecule has 0 bridgehead atoms. The van der Waals surface area contributed by atoms with E-state index >= 15 is 0 Å². The van der Waals surface area contributed by atoms with E-state index in [0.29, 0.717) is 24.3 Å². The molecule has 0 unspecified atom stereocenters. The van der Waals surface area contributed by atoms with Crippen molar-refractivity contribution in [1.29, 1.82) is 0 Å². The third-order valence-electron chi connectivity index (χ3n) is 6.13. The number of anilines is 3. The number of nitrogens with one attached hydrogen (secondary N) is 2. The Morgan fingerprint density at radius 3 is 2.69 bits per heavy atom. The van der Waals surface area contributed by atoms with Crippen molar-refractivity contribution in [3.63, 3.8) is 0 Å². The number of benzene rings is 1. The van der Waals surface area contributed by atoms with Gasteiger partial charge in [0.05, 0.1) is 12.3 Å². The third kappa shape index (κ3) is 4.88. The predicted molar refractivity (Wildman–Crippen MR) is 135 cm³/mol. The number of hydrogen-bond donors (Lipinski definition) is 2. The van der Waals surface area contributed by atoms with Gasteiger partial charge in [0, 0.05) is 49.1 Å². The first kappa shape index (κ1) is 23.0. The molecule has 4 aromatic rings. The molecule has 0 saturated carbocycles. The lowest BCUT2D eigenvalue weighted by atomic mass is 10.1. The fourth-order valence-corrected chi connectivity index (χ4v) is 4.19. The maximum absolute atomic E-state index is 5.93. The Kier molecular flexibility index (Phi) is 6.45. The Labute approximate surface area is 204 Å². The lowest BCUT2D eigenvalue weighted by Crippen LogP contribution is -2.28. The number of aromatic nitrogens is 6. The highest BCUT2D eigenvalue weighted by Gasteiger charge is 2.18. The molecule has 0 radical (unpaired) electrons. The van der Waals surface area contributed by atoms with Crippen molar-refractivity contribution in [3.05, 3.63) is 42.0 Å². The van der Waals surface area contributed by atoms with E-state index in [1.54, 1.807) is 0 Å². The van der Waals surface area contributed by atoms with Gasteiger partial charge in [0.2, 0.25) is 5.95 Å². The summed E-state index contributed by atoms with van der Waals surface area (Å²) in [6, 6.07) is 8.20. The van der Waals surface area contributed by atoms with E-state index in [1.165, 1.54) is 0 Å². The number of pyridine rings is 1. The molecule has 10 nitrogen and oxygen atoms in total. The van der Waals surface area contributed by atoms with Gasteiger partial charge < -0.3 is 24.7 Å². The van der Waals surface area contributed by atoms with E-state index in [0.717, 1.165) is 71.4 Å². The SMILES string of the molecule is CCOc1cc(-c2nnc(C)n2C)ccc1Nc1ncc2cc(C)nc(NC3CCOCC3)c2n1. The molecule has 1 fully saturated rings. The van der Waals surface area contributed by atoms with Crippen LogP contribution in [0, 0.1) is 13.8 Å². The van der Waals surface area contributed by atoms with Crippen molar-refractivity contribution in [2.24, 2.45) is 7.05 Å². The Morgan fingerprint density at radius 2 is 1.94 bits per heavy atom. The van der Waals surface area contributed by atoms with Crippen LogP contribution in [0.25, 0.3) is 22.3 Å². The second-order valence-corrected chi connectivity index (χ2v) is 8.67. The summed E-state index contributed by atoms with van der Waals surface area (Å²) in [7, 11) is 1.95. The average molecular weight is 475 g/mol. The smallest absolute Gasteiger partial charge is 0.227 e. The average Bonchev–Trinajstić information content (AvgIpc) is 3.19. The minimum Gasteiger partial charge on any atom is -0.492 e. The van der Waals surface area contributed by atoms with E-state index in [2.05, 4.69) is 25.8 Å².